The summed E-state index contributed by atoms with van der Waals surface area (Å²) in [5.74, 6) is 0.598. The molecule has 0 saturated carbocycles. The van der Waals surface area contributed by atoms with Gasteiger partial charge in [-0.2, -0.15) is 0 Å². The number of para-hydroxylation sites is 2. The summed E-state index contributed by atoms with van der Waals surface area (Å²) < 4.78 is 6.30. The Labute approximate surface area is 213 Å². The molecule has 0 fully saturated rings. The summed E-state index contributed by atoms with van der Waals surface area (Å²) in [7, 11) is 0. The molecule has 0 aliphatic heterocycles. The van der Waals surface area contributed by atoms with Crippen molar-refractivity contribution in [2.24, 2.45) is 0 Å². The van der Waals surface area contributed by atoms with Crippen molar-refractivity contribution in [3.63, 3.8) is 0 Å². The molecule has 37 heavy (non-hydrogen) atoms. The second-order valence-electron chi connectivity index (χ2n) is 8.67. The lowest BCUT2D eigenvalue weighted by Gasteiger charge is -2.24. The molecule has 0 unspecified atom stereocenters. The second kappa shape index (κ2) is 9.47. The van der Waals surface area contributed by atoms with Crippen LogP contribution in [-0.2, 0) is 11.2 Å². The van der Waals surface area contributed by atoms with Crippen molar-refractivity contribution in [1.82, 2.24) is 9.97 Å². The van der Waals surface area contributed by atoms with Gasteiger partial charge in [-0.15, -0.1) is 0 Å². The Morgan fingerprint density at radius 2 is 1.65 bits per heavy atom. The maximum atomic E-state index is 12.6. The van der Waals surface area contributed by atoms with Crippen LogP contribution in [0.3, 0.4) is 0 Å². The van der Waals surface area contributed by atoms with Crippen molar-refractivity contribution in [3.05, 3.63) is 115 Å². The van der Waals surface area contributed by atoms with Crippen LogP contribution in [0.5, 0.6) is 0 Å². The zero-order valence-electron chi connectivity index (χ0n) is 19.8. The summed E-state index contributed by atoms with van der Waals surface area (Å²) in [6.45, 7) is 0. The van der Waals surface area contributed by atoms with E-state index in [1.54, 1.807) is 18.3 Å². The molecule has 7 heteroatoms. The first kappa shape index (κ1) is 22.3. The molecule has 3 N–H and O–H groups in total. The van der Waals surface area contributed by atoms with Gasteiger partial charge in [-0.25, -0.2) is 9.97 Å². The van der Waals surface area contributed by atoms with Gasteiger partial charge < -0.3 is 15.5 Å². The Kier molecular flexibility index (Phi) is 5.71. The molecular formula is C30H23N5O2. The number of nitrogens with two attached hydrogens (primary N) is 1. The quantitative estimate of drug-likeness (QED) is 0.258. The number of amides is 1. The standard InChI is InChI=1S/C30H23N5O2/c31-21-10-8-20(9-11-21)18-29(36)34-22-12-14-23(15-13-22)35(28-16-17-32-19-33-28)26-6-3-5-25-24-4-1-2-7-27(24)37-30(25)26/h1-17,19H,18,31H2,(H,34,36). The van der Waals surface area contributed by atoms with Crippen molar-refractivity contribution in [2.75, 3.05) is 16.0 Å². The number of rotatable bonds is 6. The van der Waals surface area contributed by atoms with Crippen molar-refractivity contribution >= 4 is 56.4 Å². The highest BCUT2D eigenvalue weighted by Crippen LogP contribution is 2.41. The van der Waals surface area contributed by atoms with Crippen LogP contribution in [0, 0.1) is 0 Å². The van der Waals surface area contributed by atoms with E-state index in [1.165, 1.54) is 6.33 Å². The number of carbonyl (C=O) groups excluding carboxylic acids is 1. The lowest BCUT2D eigenvalue weighted by atomic mass is 10.1. The van der Waals surface area contributed by atoms with E-state index in [-0.39, 0.29) is 12.3 Å². The number of nitrogens with zero attached hydrogens (tertiary/aromatic N) is 3. The van der Waals surface area contributed by atoms with Crippen LogP contribution in [0.4, 0.5) is 28.6 Å². The second-order valence-corrected chi connectivity index (χ2v) is 8.67. The lowest BCUT2D eigenvalue weighted by Crippen LogP contribution is -2.15. The average molecular weight is 486 g/mol. The monoisotopic (exact) mass is 485 g/mol. The predicted molar refractivity (Wildman–Crippen MR) is 147 cm³/mol. The Hall–Kier alpha value is -5.17. The Morgan fingerprint density at radius 3 is 2.43 bits per heavy atom. The first-order valence-electron chi connectivity index (χ1n) is 11.9. The summed E-state index contributed by atoms with van der Waals surface area (Å²) in [6.07, 6.45) is 3.50. The zero-order valence-corrected chi connectivity index (χ0v) is 19.8. The van der Waals surface area contributed by atoms with Crippen LogP contribution in [-0.4, -0.2) is 15.9 Å². The van der Waals surface area contributed by atoms with Gasteiger partial charge in [-0.05, 0) is 60.2 Å². The van der Waals surface area contributed by atoms with Crippen LogP contribution in [0.25, 0.3) is 21.9 Å². The number of aromatic nitrogens is 2. The number of hydrogen-bond acceptors (Lipinski definition) is 6. The first-order chi connectivity index (χ1) is 18.2. The van der Waals surface area contributed by atoms with Crippen molar-refractivity contribution in [3.8, 4) is 0 Å². The fourth-order valence-electron chi connectivity index (χ4n) is 4.44. The van der Waals surface area contributed by atoms with E-state index in [0.717, 1.165) is 38.9 Å². The molecule has 0 bridgehead atoms. The highest BCUT2D eigenvalue weighted by atomic mass is 16.3. The van der Waals surface area contributed by atoms with Crippen molar-refractivity contribution < 1.29 is 9.21 Å². The molecule has 0 saturated heterocycles. The predicted octanol–water partition coefficient (Wildman–Crippen LogP) is 6.61. The lowest BCUT2D eigenvalue weighted by molar-refractivity contribution is -0.115. The number of benzene rings is 4. The molecule has 4 aromatic carbocycles. The van der Waals surface area contributed by atoms with E-state index < -0.39 is 0 Å². The van der Waals surface area contributed by atoms with Gasteiger partial charge in [0.1, 0.15) is 17.7 Å². The van der Waals surface area contributed by atoms with Gasteiger partial charge in [-0.1, -0.05) is 42.5 Å². The number of carbonyl (C=O) groups is 1. The van der Waals surface area contributed by atoms with Gasteiger partial charge in [0.25, 0.3) is 0 Å². The van der Waals surface area contributed by atoms with E-state index >= 15 is 0 Å². The number of fused-ring (bicyclic) bond motifs is 3. The third-order valence-corrected chi connectivity index (χ3v) is 6.17. The van der Waals surface area contributed by atoms with E-state index in [4.69, 9.17) is 10.2 Å². The van der Waals surface area contributed by atoms with Crippen LogP contribution in [0.15, 0.2) is 114 Å². The molecule has 1 amide bonds. The number of nitrogen functional groups attached to an aromatic ring is 1. The summed E-state index contributed by atoms with van der Waals surface area (Å²) >= 11 is 0. The van der Waals surface area contributed by atoms with Crippen LogP contribution < -0.4 is 16.0 Å². The largest absolute Gasteiger partial charge is 0.454 e. The molecule has 0 aliphatic carbocycles. The minimum absolute atomic E-state index is 0.0998. The first-order valence-corrected chi connectivity index (χ1v) is 11.9. The molecule has 6 rings (SSSR count). The van der Waals surface area contributed by atoms with Gasteiger partial charge in [0.15, 0.2) is 5.58 Å². The third kappa shape index (κ3) is 4.46. The molecular weight excluding hydrogens is 462 g/mol. The molecule has 2 heterocycles. The molecule has 0 aliphatic rings. The third-order valence-electron chi connectivity index (χ3n) is 6.17. The van der Waals surface area contributed by atoms with Crippen LogP contribution >= 0.6 is 0 Å². The molecule has 0 radical (unpaired) electrons. The fourth-order valence-corrected chi connectivity index (χ4v) is 4.44. The van der Waals surface area contributed by atoms with E-state index in [9.17, 15) is 4.79 Å². The number of anilines is 5. The number of nitrogens with one attached hydrogen (secondary N) is 1. The number of hydrogen-bond donors (Lipinski definition) is 2. The number of furan rings is 1. The van der Waals surface area contributed by atoms with Gasteiger partial charge in [0.05, 0.1) is 12.1 Å². The topological polar surface area (TPSA) is 97.3 Å². The summed E-state index contributed by atoms with van der Waals surface area (Å²) in [5.41, 5.74) is 11.3. The highest BCUT2D eigenvalue weighted by molar-refractivity contribution is 6.10. The fraction of sp³-hybridized carbons (Fsp3) is 0.0333. The zero-order chi connectivity index (χ0) is 25.2. The molecule has 7 nitrogen and oxygen atoms in total. The smallest absolute Gasteiger partial charge is 0.228 e. The van der Waals surface area contributed by atoms with Gasteiger partial charge in [-0.3, -0.25) is 9.69 Å². The molecule has 0 atom stereocenters. The Bertz CT molecular complexity index is 1690. The van der Waals surface area contributed by atoms with Crippen molar-refractivity contribution in [2.45, 2.75) is 6.42 Å². The van der Waals surface area contributed by atoms with E-state index in [0.29, 0.717) is 17.2 Å². The highest BCUT2D eigenvalue weighted by Gasteiger charge is 2.20. The maximum Gasteiger partial charge on any atom is 0.228 e. The Balaban J connectivity index is 1.34. The minimum atomic E-state index is -0.0998. The van der Waals surface area contributed by atoms with E-state index in [1.807, 2.05) is 77.7 Å². The minimum Gasteiger partial charge on any atom is -0.454 e. The summed E-state index contributed by atoms with van der Waals surface area (Å²) in [5, 5.41) is 5.05. The van der Waals surface area contributed by atoms with E-state index in [2.05, 4.69) is 27.4 Å². The van der Waals surface area contributed by atoms with Crippen LogP contribution in [0.1, 0.15) is 5.56 Å². The van der Waals surface area contributed by atoms with Crippen LogP contribution in [0.2, 0.25) is 0 Å². The molecule has 180 valence electrons. The summed E-state index contributed by atoms with van der Waals surface area (Å²) in [6, 6.07) is 30.9. The average Bonchev–Trinajstić information content (AvgIpc) is 3.31. The Morgan fingerprint density at radius 1 is 0.865 bits per heavy atom. The molecule has 6 aromatic rings. The SMILES string of the molecule is Nc1ccc(CC(=O)Nc2ccc(N(c3ccncn3)c3cccc4c3oc3ccccc34)cc2)cc1. The van der Waals surface area contributed by atoms with Gasteiger partial charge >= 0.3 is 0 Å². The molecule has 2 aromatic heterocycles. The maximum absolute atomic E-state index is 12.6. The summed E-state index contributed by atoms with van der Waals surface area (Å²) in [4.78, 5) is 23.2. The molecule has 0 spiro atoms. The van der Waals surface area contributed by atoms with Gasteiger partial charge in [0.2, 0.25) is 5.91 Å². The normalized spacial score (nSPS) is 11.0. The van der Waals surface area contributed by atoms with Gasteiger partial charge in [0, 0.05) is 34.0 Å². The van der Waals surface area contributed by atoms with Crippen molar-refractivity contribution in [1.29, 1.82) is 0 Å².